The molecule has 1 aliphatic carbocycles. The first-order valence-corrected chi connectivity index (χ1v) is 11.4. The molecule has 1 heterocycles. The molecule has 0 saturated carbocycles. The molecular formula is C31H19F2N. The highest BCUT2D eigenvalue weighted by molar-refractivity contribution is 6.09. The maximum atomic E-state index is 14.0. The van der Waals surface area contributed by atoms with Gasteiger partial charge in [0.25, 0.3) is 0 Å². The fraction of sp³-hybridized carbons (Fsp3) is 0.0323. The molecule has 0 spiro atoms. The zero-order valence-electron chi connectivity index (χ0n) is 18.2. The fourth-order valence-electron chi connectivity index (χ4n) is 5.35. The van der Waals surface area contributed by atoms with Crippen molar-refractivity contribution in [3.05, 3.63) is 126 Å². The van der Waals surface area contributed by atoms with Crippen LogP contribution in [-0.2, 0) is 6.42 Å². The molecule has 3 heteroatoms. The number of rotatable bonds is 2. The van der Waals surface area contributed by atoms with Crippen molar-refractivity contribution in [2.45, 2.75) is 6.42 Å². The van der Waals surface area contributed by atoms with Gasteiger partial charge in [0.1, 0.15) is 11.6 Å². The third kappa shape index (κ3) is 2.83. The molecule has 0 fully saturated rings. The van der Waals surface area contributed by atoms with E-state index in [1.165, 1.54) is 52.1 Å². The van der Waals surface area contributed by atoms with E-state index in [9.17, 15) is 8.78 Å². The summed E-state index contributed by atoms with van der Waals surface area (Å²) in [4.78, 5) is 0. The number of hydrogen-bond donors (Lipinski definition) is 0. The van der Waals surface area contributed by atoms with E-state index in [2.05, 4.69) is 71.3 Å². The Labute approximate surface area is 195 Å². The van der Waals surface area contributed by atoms with Crippen LogP contribution in [0.25, 0.3) is 49.7 Å². The Balaban J connectivity index is 1.35. The van der Waals surface area contributed by atoms with Crippen LogP contribution < -0.4 is 0 Å². The second kappa shape index (κ2) is 7.13. The van der Waals surface area contributed by atoms with Crippen molar-refractivity contribution in [3.63, 3.8) is 0 Å². The molecule has 7 rings (SSSR count). The first kappa shape index (κ1) is 19.2. The lowest BCUT2D eigenvalue weighted by molar-refractivity contribution is 0.628. The van der Waals surface area contributed by atoms with Crippen LogP contribution in [0.5, 0.6) is 0 Å². The fourth-order valence-corrected chi connectivity index (χ4v) is 5.35. The smallest absolute Gasteiger partial charge is 0.123 e. The Morgan fingerprint density at radius 3 is 1.85 bits per heavy atom. The zero-order chi connectivity index (χ0) is 22.8. The standard InChI is InChI=1S/C31H19F2N/c32-23-9-13-30-28(17-23)29-18-24(33)10-14-31(29)34(30)25-11-7-19(8-12-25)20-5-6-22-15-21-3-1-2-4-26(21)27(22)16-20/h1-14,16-18H,15H2. The second-order valence-corrected chi connectivity index (χ2v) is 8.91. The summed E-state index contributed by atoms with van der Waals surface area (Å²) < 4.78 is 30.1. The SMILES string of the molecule is Fc1ccc2c(c1)c1cc(F)ccc1n2-c1ccc(-c2ccc3c(c2)-c2ccccc2C3)cc1. The third-order valence-corrected chi connectivity index (χ3v) is 6.95. The maximum Gasteiger partial charge on any atom is 0.123 e. The topological polar surface area (TPSA) is 4.93 Å². The van der Waals surface area contributed by atoms with Gasteiger partial charge in [0, 0.05) is 16.5 Å². The van der Waals surface area contributed by atoms with E-state index in [-0.39, 0.29) is 11.6 Å². The molecule has 0 amide bonds. The van der Waals surface area contributed by atoms with Crippen LogP contribution in [0.3, 0.4) is 0 Å². The van der Waals surface area contributed by atoms with Crippen molar-refractivity contribution in [2.24, 2.45) is 0 Å². The van der Waals surface area contributed by atoms with Gasteiger partial charge in [-0.05, 0) is 94.4 Å². The summed E-state index contributed by atoms with van der Waals surface area (Å²) in [5, 5.41) is 1.41. The highest BCUT2D eigenvalue weighted by atomic mass is 19.1. The highest BCUT2D eigenvalue weighted by Crippen LogP contribution is 2.39. The van der Waals surface area contributed by atoms with Crippen molar-refractivity contribution in [2.75, 3.05) is 0 Å². The van der Waals surface area contributed by atoms with Gasteiger partial charge >= 0.3 is 0 Å². The molecule has 1 nitrogen and oxygen atoms in total. The van der Waals surface area contributed by atoms with Crippen LogP contribution in [0, 0.1) is 11.6 Å². The normalized spacial score (nSPS) is 12.3. The number of hydrogen-bond acceptors (Lipinski definition) is 0. The van der Waals surface area contributed by atoms with E-state index in [1.54, 1.807) is 12.1 Å². The van der Waals surface area contributed by atoms with Gasteiger partial charge in [0.2, 0.25) is 0 Å². The number of nitrogens with zero attached hydrogens (tertiary/aromatic N) is 1. The Morgan fingerprint density at radius 2 is 1.15 bits per heavy atom. The lowest BCUT2D eigenvalue weighted by atomic mass is 9.98. The molecule has 0 saturated heterocycles. The minimum absolute atomic E-state index is 0.329. The van der Waals surface area contributed by atoms with Gasteiger partial charge in [-0.15, -0.1) is 0 Å². The summed E-state index contributed by atoms with van der Waals surface area (Å²) in [6, 6.07) is 33.0. The summed E-state index contributed by atoms with van der Waals surface area (Å²) in [7, 11) is 0. The molecule has 6 aromatic rings. The van der Waals surface area contributed by atoms with Gasteiger partial charge in [0.15, 0.2) is 0 Å². The number of benzene rings is 5. The van der Waals surface area contributed by atoms with E-state index < -0.39 is 0 Å². The van der Waals surface area contributed by atoms with Gasteiger partial charge in [-0.1, -0.05) is 48.5 Å². The molecule has 1 aliphatic rings. The first-order chi connectivity index (χ1) is 16.7. The summed E-state index contributed by atoms with van der Waals surface area (Å²) in [6.45, 7) is 0. The summed E-state index contributed by atoms with van der Waals surface area (Å²) in [5.41, 5.74) is 10.3. The summed E-state index contributed by atoms with van der Waals surface area (Å²) >= 11 is 0. The Hall–Kier alpha value is -4.24. The Morgan fingerprint density at radius 1 is 0.529 bits per heavy atom. The van der Waals surface area contributed by atoms with E-state index in [0.29, 0.717) is 10.8 Å². The van der Waals surface area contributed by atoms with Crippen LogP contribution in [-0.4, -0.2) is 4.57 Å². The van der Waals surface area contributed by atoms with Crippen molar-refractivity contribution >= 4 is 21.8 Å². The van der Waals surface area contributed by atoms with Crippen LogP contribution in [0.2, 0.25) is 0 Å². The first-order valence-electron chi connectivity index (χ1n) is 11.4. The molecule has 0 aliphatic heterocycles. The minimum atomic E-state index is -0.329. The summed E-state index contributed by atoms with van der Waals surface area (Å²) in [5.74, 6) is -0.659. The molecular weight excluding hydrogens is 424 g/mol. The average molecular weight is 443 g/mol. The van der Waals surface area contributed by atoms with Crippen molar-refractivity contribution in [1.82, 2.24) is 4.57 Å². The number of fused-ring (bicyclic) bond motifs is 6. The molecule has 1 aromatic heterocycles. The Bertz CT molecular complexity index is 1680. The van der Waals surface area contributed by atoms with Crippen LogP contribution in [0.1, 0.15) is 11.1 Å². The maximum absolute atomic E-state index is 14.0. The number of halogens is 2. The van der Waals surface area contributed by atoms with Crippen LogP contribution >= 0.6 is 0 Å². The molecule has 162 valence electrons. The molecule has 0 radical (unpaired) electrons. The number of aromatic nitrogens is 1. The van der Waals surface area contributed by atoms with Gasteiger partial charge in [0.05, 0.1) is 11.0 Å². The summed E-state index contributed by atoms with van der Waals surface area (Å²) in [6.07, 6.45) is 0.986. The molecule has 5 aromatic carbocycles. The van der Waals surface area contributed by atoms with Crippen LogP contribution in [0.15, 0.2) is 103 Å². The van der Waals surface area contributed by atoms with Crippen molar-refractivity contribution in [1.29, 1.82) is 0 Å². The van der Waals surface area contributed by atoms with Gasteiger partial charge in [-0.2, -0.15) is 0 Å². The van der Waals surface area contributed by atoms with E-state index in [1.807, 2.05) is 0 Å². The van der Waals surface area contributed by atoms with Gasteiger partial charge in [-0.3, -0.25) is 0 Å². The highest BCUT2D eigenvalue weighted by Gasteiger charge is 2.18. The third-order valence-electron chi connectivity index (χ3n) is 6.95. The van der Waals surface area contributed by atoms with Gasteiger partial charge in [-0.25, -0.2) is 8.78 Å². The van der Waals surface area contributed by atoms with Crippen molar-refractivity contribution < 1.29 is 8.78 Å². The molecule has 0 N–H and O–H groups in total. The lowest BCUT2D eigenvalue weighted by Gasteiger charge is -2.10. The average Bonchev–Trinajstić information content (AvgIpc) is 3.39. The zero-order valence-corrected chi connectivity index (χ0v) is 18.2. The largest absolute Gasteiger partial charge is 0.309 e. The Kier molecular flexibility index (Phi) is 4.04. The van der Waals surface area contributed by atoms with E-state index in [4.69, 9.17) is 0 Å². The molecule has 34 heavy (non-hydrogen) atoms. The minimum Gasteiger partial charge on any atom is -0.309 e. The molecule has 0 bridgehead atoms. The lowest BCUT2D eigenvalue weighted by Crippen LogP contribution is -1.94. The van der Waals surface area contributed by atoms with E-state index >= 15 is 0 Å². The monoisotopic (exact) mass is 443 g/mol. The quantitative estimate of drug-likeness (QED) is 0.253. The second-order valence-electron chi connectivity index (χ2n) is 8.91. The van der Waals surface area contributed by atoms with Crippen LogP contribution in [0.4, 0.5) is 8.78 Å². The predicted molar refractivity (Wildman–Crippen MR) is 134 cm³/mol. The van der Waals surface area contributed by atoms with Gasteiger partial charge < -0.3 is 4.57 Å². The molecule has 0 atom stereocenters. The predicted octanol–water partition coefficient (Wildman–Crippen LogP) is 8.30. The van der Waals surface area contributed by atoms with Crippen molar-refractivity contribution in [3.8, 4) is 27.9 Å². The molecule has 0 unspecified atom stereocenters. The van der Waals surface area contributed by atoms with E-state index in [0.717, 1.165) is 28.7 Å².